The Morgan fingerprint density at radius 2 is 2.03 bits per heavy atom. The molecule has 0 saturated carbocycles. The van der Waals surface area contributed by atoms with Gasteiger partial charge in [-0.2, -0.15) is 0 Å². The first-order valence-corrected chi connectivity index (χ1v) is 10.6. The van der Waals surface area contributed by atoms with Gasteiger partial charge in [-0.1, -0.05) is 25.1 Å². The van der Waals surface area contributed by atoms with Crippen LogP contribution in [0.5, 0.6) is 5.75 Å². The number of rotatable bonds is 6. The second-order valence-corrected chi connectivity index (χ2v) is 7.75. The van der Waals surface area contributed by atoms with Crippen LogP contribution >= 0.6 is 0 Å². The van der Waals surface area contributed by atoms with Gasteiger partial charge in [-0.05, 0) is 42.2 Å². The molecule has 0 spiro atoms. The smallest absolute Gasteiger partial charge is 0.130 e. The number of hydrogen-bond donors (Lipinski definition) is 0. The molecule has 3 heterocycles. The zero-order valence-electron chi connectivity index (χ0n) is 17.5. The van der Waals surface area contributed by atoms with E-state index < -0.39 is 0 Å². The molecule has 5 heteroatoms. The van der Waals surface area contributed by atoms with Crippen LogP contribution in [0, 0.1) is 6.92 Å². The van der Waals surface area contributed by atoms with E-state index >= 15 is 0 Å². The number of nitrogens with zero attached hydrogens (tertiary/aromatic N) is 4. The predicted molar refractivity (Wildman–Crippen MR) is 120 cm³/mol. The monoisotopic (exact) mass is 390 g/mol. The van der Waals surface area contributed by atoms with Crippen LogP contribution in [0.15, 0.2) is 47.6 Å². The van der Waals surface area contributed by atoms with Gasteiger partial charge in [0, 0.05) is 57.6 Å². The predicted octanol–water partition coefficient (Wildman–Crippen LogP) is 4.32. The number of pyridine rings is 1. The quantitative estimate of drug-likeness (QED) is 0.689. The van der Waals surface area contributed by atoms with Crippen LogP contribution in [0.25, 0.3) is 0 Å². The van der Waals surface area contributed by atoms with Gasteiger partial charge in [-0.3, -0.25) is 9.89 Å². The molecule has 0 atom stereocenters. The number of aliphatic imine (C=N–C) groups is 1. The maximum Gasteiger partial charge on any atom is 0.130 e. The molecule has 1 saturated heterocycles. The van der Waals surface area contributed by atoms with Gasteiger partial charge in [0.1, 0.15) is 11.6 Å². The van der Waals surface area contributed by atoms with Crippen LogP contribution in [0.2, 0.25) is 0 Å². The number of aryl methyl sites for hydroxylation is 1. The number of fused-ring (bicyclic) bond motifs is 1. The average Bonchev–Trinajstić information content (AvgIpc) is 3.21. The van der Waals surface area contributed by atoms with Gasteiger partial charge < -0.3 is 9.64 Å². The van der Waals surface area contributed by atoms with Crippen LogP contribution < -0.4 is 9.64 Å². The van der Waals surface area contributed by atoms with Crippen molar-refractivity contribution >= 4 is 17.7 Å². The van der Waals surface area contributed by atoms with E-state index in [-0.39, 0.29) is 0 Å². The lowest BCUT2D eigenvalue weighted by Gasteiger charge is -2.35. The maximum absolute atomic E-state index is 5.71. The van der Waals surface area contributed by atoms with Crippen LogP contribution in [0.1, 0.15) is 30.0 Å². The summed E-state index contributed by atoms with van der Waals surface area (Å²) in [5.41, 5.74) is 4.78. The molecule has 0 aliphatic carbocycles. The molecule has 0 bridgehead atoms. The van der Waals surface area contributed by atoms with Gasteiger partial charge in [0.05, 0.1) is 12.3 Å². The van der Waals surface area contributed by atoms with E-state index in [9.17, 15) is 0 Å². The molecule has 1 aromatic carbocycles. The zero-order chi connectivity index (χ0) is 20.1. The number of hydrogen-bond acceptors (Lipinski definition) is 5. The molecule has 5 nitrogen and oxygen atoms in total. The summed E-state index contributed by atoms with van der Waals surface area (Å²) in [4.78, 5) is 14.1. The summed E-state index contributed by atoms with van der Waals surface area (Å²) in [7, 11) is 0. The highest BCUT2D eigenvalue weighted by atomic mass is 16.5. The lowest BCUT2D eigenvalue weighted by Crippen LogP contribution is -2.46. The van der Waals surface area contributed by atoms with Crippen molar-refractivity contribution in [2.75, 3.05) is 37.7 Å². The summed E-state index contributed by atoms with van der Waals surface area (Å²) in [6, 6.07) is 8.80. The lowest BCUT2D eigenvalue weighted by atomic mass is 10.1. The first-order chi connectivity index (χ1) is 14.2. The Kier molecular flexibility index (Phi) is 6.25. The van der Waals surface area contributed by atoms with Gasteiger partial charge in [-0.15, -0.1) is 0 Å². The minimum Gasteiger partial charge on any atom is -0.493 e. The van der Waals surface area contributed by atoms with E-state index in [4.69, 9.17) is 4.74 Å². The molecule has 152 valence electrons. The summed E-state index contributed by atoms with van der Waals surface area (Å²) < 4.78 is 5.71. The Balaban J connectivity index is 1.35. The molecule has 29 heavy (non-hydrogen) atoms. The molecule has 0 amide bonds. The first-order valence-electron chi connectivity index (χ1n) is 10.6. The van der Waals surface area contributed by atoms with Crippen molar-refractivity contribution in [3.05, 3.63) is 59.3 Å². The van der Waals surface area contributed by atoms with Crippen molar-refractivity contribution in [2.45, 2.75) is 33.2 Å². The van der Waals surface area contributed by atoms with Crippen LogP contribution in [0.4, 0.5) is 11.5 Å². The molecule has 4 rings (SSSR count). The van der Waals surface area contributed by atoms with Crippen LogP contribution in [-0.2, 0) is 13.0 Å². The molecule has 0 unspecified atom stereocenters. The second-order valence-electron chi connectivity index (χ2n) is 7.75. The van der Waals surface area contributed by atoms with Gasteiger partial charge in [-0.25, -0.2) is 4.98 Å². The van der Waals surface area contributed by atoms with Crippen molar-refractivity contribution in [3.63, 3.8) is 0 Å². The second kappa shape index (κ2) is 9.23. The Labute approximate surface area is 173 Å². The van der Waals surface area contributed by atoms with E-state index in [0.29, 0.717) is 0 Å². The van der Waals surface area contributed by atoms with Crippen molar-refractivity contribution in [3.8, 4) is 5.75 Å². The van der Waals surface area contributed by atoms with E-state index in [1.165, 1.54) is 11.1 Å². The summed E-state index contributed by atoms with van der Waals surface area (Å²) in [5.74, 6) is 2.10. The SMILES string of the molecule is CC/C=C/C=Nc1cc(N2CCN(Cc3ccc4c(c3)OCC4)CC2)ncc1C. The third kappa shape index (κ3) is 4.85. The molecule has 2 aliphatic heterocycles. The van der Waals surface area contributed by atoms with E-state index in [1.54, 1.807) is 0 Å². The van der Waals surface area contributed by atoms with Crippen molar-refractivity contribution in [2.24, 2.45) is 4.99 Å². The molecule has 0 N–H and O–H groups in total. The first kappa shape index (κ1) is 19.6. The number of benzene rings is 1. The number of piperazine rings is 1. The fraction of sp³-hybridized carbons (Fsp3) is 0.417. The Morgan fingerprint density at radius 1 is 1.17 bits per heavy atom. The molecule has 2 aromatic rings. The number of allylic oxidation sites excluding steroid dienone is 2. The number of aromatic nitrogens is 1. The minimum absolute atomic E-state index is 0.821. The topological polar surface area (TPSA) is 41.0 Å². The molecular formula is C24H30N4O. The summed E-state index contributed by atoms with van der Waals surface area (Å²) in [6.07, 6.45) is 9.97. The molecule has 1 aromatic heterocycles. The van der Waals surface area contributed by atoms with Crippen LogP contribution in [0.3, 0.4) is 0 Å². The van der Waals surface area contributed by atoms with Gasteiger partial charge >= 0.3 is 0 Å². The number of anilines is 1. The van der Waals surface area contributed by atoms with Gasteiger partial charge in [0.25, 0.3) is 0 Å². The van der Waals surface area contributed by atoms with Crippen molar-refractivity contribution in [1.82, 2.24) is 9.88 Å². The van der Waals surface area contributed by atoms with E-state index in [1.807, 2.05) is 18.5 Å². The van der Waals surface area contributed by atoms with E-state index in [0.717, 1.165) is 75.0 Å². The maximum atomic E-state index is 5.71. The third-order valence-corrected chi connectivity index (χ3v) is 5.59. The average molecular weight is 391 g/mol. The minimum atomic E-state index is 0.821. The largest absolute Gasteiger partial charge is 0.493 e. The molecule has 1 fully saturated rings. The fourth-order valence-corrected chi connectivity index (χ4v) is 3.84. The summed E-state index contributed by atoms with van der Waals surface area (Å²) in [5, 5.41) is 0. The molecule has 2 aliphatic rings. The highest BCUT2D eigenvalue weighted by Gasteiger charge is 2.20. The van der Waals surface area contributed by atoms with Crippen molar-refractivity contribution in [1.29, 1.82) is 0 Å². The Morgan fingerprint density at radius 3 is 2.86 bits per heavy atom. The van der Waals surface area contributed by atoms with Crippen molar-refractivity contribution < 1.29 is 4.74 Å². The normalized spacial score (nSPS) is 17.2. The van der Waals surface area contributed by atoms with E-state index in [2.05, 4.69) is 64.0 Å². The third-order valence-electron chi connectivity index (χ3n) is 5.59. The van der Waals surface area contributed by atoms with Gasteiger partial charge in [0.2, 0.25) is 0 Å². The van der Waals surface area contributed by atoms with Gasteiger partial charge in [0.15, 0.2) is 0 Å². The highest BCUT2D eigenvalue weighted by molar-refractivity contribution is 5.75. The Bertz CT molecular complexity index is 898. The summed E-state index contributed by atoms with van der Waals surface area (Å²) in [6.45, 7) is 10.0. The van der Waals surface area contributed by atoms with Crippen LogP contribution in [-0.4, -0.2) is 48.9 Å². The highest BCUT2D eigenvalue weighted by Crippen LogP contribution is 2.27. The standard InChI is InChI=1S/C24H30N4O/c1-3-4-5-9-25-22-16-24(26-17-19(22)2)28-12-10-27(11-13-28)18-20-6-7-21-8-14-29-23(21)15-20/h4-7,9,15-17H,3,8,10-14,18H2,1-2H3/b5-4+,25-9?. The number of ether oxygens (including phenoxy) is 1. The molecule has 0 radical (unpaired) electrons. The zero-order valence-corrected chi connectivity index (χ0v) is 17.5. The Hall–Kier alpha value is -2.66. The summed E-state index contributed by atoms with van der Waals surface area (Å²) >= 11 is 0. The fourth-order valence-electron chi connectivity index (χ4n) is 3.84. The molecular weight excluding hydrogens is 360 g/mol. The lowest BCUT2D eigenvalue weighted by molar-refractivity contribution is 0.249.